The second kappa shape index (κ2) is 8.95. The molecule has 0 fully saturated rings. The van der Waals surface area contributed by atoms with Crippen molar-refractivity contribution >= 4 is 11.9 Å². The molecule has 1 aromatic carbocycles. The number of aromatic amines is 1. The Bertz CT molecular complexity index is 586. The molecule has 116 valence electrons. The highest BCUT2D eigenvalue weighted by molar-refractivity contribution is 5.93. The van der Waals surface area contributed by atoms with E-state index in [1.165, 1.54) is 5.56 Å². The van der Waals surface area contributed by atoms with Crippen LogP contribution in [0.3, 0.4) is 0 Å². The van der Waals surface area contributed by atoms with Crippen LogP contribution >= 0.6 is 0 Å². The topological polar surface area (TPSA) is 55.0 Å². The van der Waals surface area contributed by atoms with Crippen LogP contribution < -0.4 is 0 Å². The lowest BCUT2D eigenvalue weighted by molar-refractivity contribution is -0.114. The first-order chi connectivity index (χ1) is 10.8. The molecule has 0 atom stereocenters. The number of ether oxygens (including phenoxy) is 1. The Morgan fingerprint density at radius 1 is 1.32 bits per heavy atom. The molecule has 2 rings (SSSR count). The smallest absolute Gasteiger partial charge is 0.155 e. The van der Waals surface area contributed by atoms with Crippen molar-refractivity contribution in [2.24, 2.45) is 0 Å². The van der Waals surface area contributed by atoms with Crippen molar-refractivity contribution in [1.29, 1.82) is 0 Å². The number of H-pyrrole nitrogens is 1. The van der Waals surface area contributed by atoms with E-state index in [1.807, 2.05) is 31.3 Å². The van der Waals surface area contributed by atoms with Gasteiger partial charge in [-0.05, 0) is 30.5 Å². The van der Waals surface area contributed by atoms with Crippen LogP contribution in [0.25, 0.3) is 6.08 Å². The first-order valence-electron chi connectivity index (χ1n) is 7.64. The predicted molar refractivity (Wildman–Crippen MR) is 87.6 cm³/mol. The summed E-state index contributed by atoms with van der Waals surface area (Å²) in [5.74, 6) is 1.09. The van der Waals surface area contributed by atoms with Gasteiger partial charge in [-0.25, -0.2) is 4.98 Å². The normalized spacial score (nSPS) is 11.1. The Kier molecular flexibility index (Phi) is 6.58. The number of aromatic nitrogens is 2. The van der Waals surface area contributed by atoms with E-state index >= 15 is 0 Å². The maximum absolute atomic E-state index is 11.7. The van der Waals surface area contributed by atoms with Gasteiger partial charge in [0.2, 0.25) is 0 Å². The van der Waals surface area contributed by atoms with E-state index in [9.17, 15) is 4.79 Å². The Morgan fingerprint density at radius 3 is 2.82 bits per heavy atom. The summed E-state index contributed by atoms with van der Waals surface area (Å²) in [6.45, 7) is 3.31. The lowest BCUT2D eigenvalue weighted by Crippen LogP contribution is -1.98. The maximum Gasteiger partial charge on any atom is 0.155 e. The number of nitrogens with one attached hydrogen (secondary N) is 1. The molecule has 0 bridgehead atoms. The highest BCUT2D eigenvalue weighted by Crippen LogP contribution is 2.09. The van der Waals surface area contributed by atoms with Gasteiger partial charge in [0, 0.05) is 38.4 Å². The van der Waals surface area contributed by atoms with E-state index in [4.69, 9.17) is 4.74 Å². The molecular weight excluding hydrogens is 276 g/mol. The largest absolute Gasteiger partial charge is 0.382 e. The summed E-state index contributed by atoms with van der Waals surface area (Å²) in [6, 6.07) is 8.15. The minimum absolute atomic E-state index is 0.138. The first-order valence-corrected chi connectivity index (χ1v) is 7.64. The molecule has 0 saturated carbocycles. The van der Waals surface area contributed by atoms with Crippen molar-refractivity contribution in [2.75, 3.05) is 13.2 Å². The van der Waals surface area contributed by atoms with Gasteiger partial charge in [0.1, 0.15) is 5.82 Å². The summed E-state index contributed by atoms with van der Waals surface area (Å²) in [4.78, 5) is 19.0. The fraction of sp³-hybridized carbons (Fsp3) is 0.333. The fourth-order valence-electron chi connectivity index (χ4n) is 2.10. The Hall–Kier alpha value is -2.20. The second-order valence-electron chi connectivity index (χ2n) is 5.05. The highest BCUT2D eigenvalue weighted by Gasteiger charge is 1.99. The minimum atomic E-state index is 0.138. The van der Waals surface area contributed by atoms with Gasteiger partial charge in [-0.3, -0.25) is 4.79 Å². The summed E-state index contributed by atoms with van der Waals surface area (Å²) in [7, 11) is 0. The van der Waals surface area contributed by atoms with Gasteiger partial charge in [-0.15, -0.1) is 0 Å². The number of ketones is 1. The maximum atomic E-state index is 11.7. The lowest BCUT2D eigenvalue weighted by atomic mass is 10.1. The van der Waals surface area contributed by atoms with Crippen molar-refractivity contribution in [3.63, 3.8) is 0 Å². The Labute approximate surface area is 131 Å². The number of carbonyl (C=O) groups is 1. The quantitative estimate of drug-likeness (QED) is 0.570. The van der Waals surface area contributed by atoms with E-state index in [0.717, 1.165) is 24.2 Å². The molecule has 0 radical (unpaired) electrons. The third-order valence-electron chi connectivity index (χ3n) is 3.28. The molecular formula is C18H22N2O2. The molecule has 0 aliphatic heterocycles. The van der Waals surface area contributed by atoms with Crippen LogP contribution in [0.15, 0.2) is 42.7 Å². The molecule has 0 amide bonds. The molecule has 4 heteroatoms. The number of imidazole rings is 1. The summed E-state index contributed by atoms with van der Waals surface area (Å²) in [6.07, 6.45) is 9.18. The van der Waals surface area contributed by atoms with Crippen LogP contribution in [-0.2, 0) is 16.0 Å². The summed E-state index contributed by atoms with van der Waals surface area (Å²) in [5.41, 5.74) is 2.22. The fourth-order valence-corrected chi connectivity index (χ4v) is 2.10. The van der Waals surface area contributed by atoms with Crippen molar-refractivity contribution < 1.29 is 9.53 Å². The average molecular weight is 298 g/mol. The zero-order chi connectivity index (χ0) is 15.6. The first kappa shape index (κ1) is 16.2. The average Bonchev–Trinajstić information content (AvgIpc) is 3.04. The number of carbonyl (C=O) groups excluding carboxylic acids is 1. The molecule has 1 N–H and O–H groups in total. The summed E-state index contributed by atoms with van der Waals surface area (Å²) < 4.78 is 5.22. The lowest BCUT2D eigenvalue weighted by Gasteiger charge is -2.00. The third-order valence-corrected chi connectivity index (χ3v) is 3.28. The number of allylic oxidation sites excluding steroid dienone is 1. The van der Waals surface area contributed by atoms with Crippen LogP contribution in [0, 0.1) is 0 Å². The van der Waals surface area contributed by atoms with Gasteiger partial charge in [0.25, 0.3) is 0 Å². The summed E-state index contributed by atoms with van der Waals surface area (Å²) in [5, 5.41) is 0. The van der Waals surface area contributed by atoms with Gasteiger partial charge in [-0.2, -0.15) is 0 Å². The van der Waals surface area contributed by atoms with E-state index in [1.54, 1.807) is 12.3 Å². The van der Waals surface area contributed by atoms with E-state index < -0.39 is 0 Å². The van der Waals surface area contributed by atoms with Gasteiger partial charge in [0.05, 0.1) is 0 Å². The molecule has 2 aromatic rings. The van der Waals surface area contributed by atoms with Crippen LogP contribution in [0.5, 0.6) is 0 Å². The number of hydrogen-bond donors (Lipinski definition) is 1. The van der Waals surface area contributed by atoms with Crippen molar-refractivity contribution in [3.8, 4) is 0 Å². The number of hydrogen-bond acceptors (Lipinski definition) is 3. The van der Waals surface area contributed by atoms with Crippen molar-refractivity contribution in [1.82, 2.24) is 9.97 Å². The molecule has 0 unspecified atom stereocenters. The molecule has 4 nitrogen and oxygen atoms in total. The monoisotopic (exact) mass is 298 g/mol. The van der Waals surface area contributed by atoms with Crippen molar-refractivity contribution in [2.45, 2.75) is 26.2 Å². The standard InChI is InChI=1S/C18H22N2O2/c1-2-22-13-3-4-17(21)10-9-15-5-7-16(8-6-15)14-18-19-11-12-20-18/h5-12H,2-4,13-14H2,1H3,(H,19,20)/b10-9+. The zero-order valence-corrected chi connectivity index (χ0v) is 12.9. The van der Waals surface area contributed by atoms with E-state index in [2.05, 4.69) is 22.1 Å². The van der Waals surface area contributed by atoms with Crippen molar-refractivity contribution in [3.05, 3.63) is 59.7 Å². The molecule has 0 saturated heterocycles. The summed E-state index contributed by atoms with van der Waals surface area (Å²) >= 11 is 0. The van der Waals surface area contributed by atoms with Crippen LogP contribution in [0.1, 0.15) is 36.7 Å². The molecule has 0 aliphatic carbocycles. The van der Waals surface area contributed by atoms with Gasteiger partial charge in [-0.1, -0.05) is 30.3 Å². The van der Waals surface area contributed by atoms with Crippen LogP contribution in [0.4, 0.5) is 0 Å². The van der Waals surface area contributed by atoms with Gasteiger partial charge >= 0.3 is 0 Å². The number of nitrogens with zero attached hydrogens (tertiary/aromatic N) is 1. The minimum Gasteiger partial charge on any atom is -0.382 e. The molecule has 22 heavy (non-hydrogen) atoms. The molecule has 1 heterocycles. The Morgan fingerprint density at radius 2 is 2.14 bits per heavy atom. The third kappa shape index (κ3) is 5.66. The molecule has 0 aliphatic rings. The van der Waals surface area contributed by atoms with Crippen LogP contribution in [-0.4, -0.2) is 29.0 Å². The highest BCUT2D eigenvalue weighted by atomic mass is 16.5. The molecule has 0 spiro atoms. The van der Waals surface area contributed by atoms with Gasteiger partial charge < -0.3 is 9.72 Å². The SMILES string of the molecule is CCOCCCC(=O)/C=C/c1ccc(Cc2ncc[nH]2)cc1. The van der Waals surface area contributed by atoms with Crippen LogP contribution in [0.2, 0.25) is 0 Å². The zero-order valence-electron chi connectivity index (χ0n) is 12.9. The number of rotatable bonds is 9. The Balaban J connectivity index is 1.80. The number of benzene rings is 1. The molecule has 1 aromatic heterocycles. The van der Waals surface area contributed by atoms with E-state index in [-0.39, 0.29) is 5.78 Å². The second-order valence-corrected chi connectivity index (χ2v) is 5.05. The predicted octanol–water partition coefficient (Wildman–Crippen LogP) is 3.40. The van der Waals surface area contributed by atoms with Gasteiger partial charge in [0.15, 0.2) is 5.78 Å². The van der Waals surface area contributed by atoms with E-state index in [0.29, 0.717) is 19.6 Å².